The van der Waals surface area contributed by atoms with Gasteiger partial charge in [-0.05, 0) is 34.1 Å². The number of nitrogens with one attached hydrogen (secondary N) is 2. The topological polar surface area (TPSA) is 116 Å². The number of hydrogen-bond acceptors (Lipinski definition) is 3. The highest BCUT2D eigenvalue weighted by Crippen LogP contribution is 2.25. The van der Waals surface area contributed by atoms with Crippen LogP contribution in [0.2, 0.25) is 5.02 Å². The Kier molecular flexibility index (Phi) is 5.78. The lowest BCUT2D eigenvalue weighted by Gasteiger charge is -2.14. The van der Waals surface area contributed by atoms with Crippen LogP contribution in [0.4, 0.5) is 10.5 Å². The first kappa shape index (κ1) is 16.3. The molecular weight excluding hydrogens is 355 g/mol. The van der Waals surface area contributed by atoms with Crippen molar-refractivity contribution in [1.82, 2.24) is 5.32 Å². The minimum atomic E-state index is -1.52. The summed E-state index contributed by atoms with van der Waals surface area (Å²) < 4.78 is 0.505. The summed E-state index contributed by atoms with van der Waals surface area (Å²) in [6.45, 7) is 0. The van der Waals surface area contributed by atoms with Crippen LogP contribution in [0, 0.1) is 0 Å². The van der Waals surface area contributed by atoms with Crippen LogP contribution >= 0.6 is 27.5 Å². The molecule has 1 aromatic rings. The Morgan fingerprint density at radius 1 is 1.30 bits per heavy atom. The third-order valence-corrected chi connectivity index (χ3v) is 3.05. The monoisotopic (exact) mass is 364 g/mol. The molecule has 2 amide bonds. The van der Waals surface area contributed by atoms with Crippen molar-refractivity contribution in [2.75, 3.05) is 5.32 Å². The number of hydrogen-bond donors (Lipinski definition) is 4. The normalized spacial score (nSPS) is 11.5. The molecule has 4 N–H and O–H groups in total. The predicted octanol–water partition coefficient (Wildman–Crippen LogP) is 2.15. The lowest BCUT2D eigenvalue weighted by atomic mass is 10.2. The molecule has 0 heterocycles. The summed E-state index contributed by atoms with van der Waals surface area (Å²) >= 11 is 8.91. The molecule has 0 saturated heterocycles. The highest BCUT2D eigenvalue weighted by molar-refractivity contribution is 9.10. The second-order valence-electron chi connectivity index (χ2n) is 3.71. The van der Waals surface area contributed by atoms with Gasteiger partial charge < -0.3 is 20.8 Å². The Morgan fingerprint density at radius 2 is 1.95 bits per heavy atom. The van der Waals surface area contributed by atoms with Crippen LogP contribution in [-0.4, -0.2) is 34.2 Å². The van der Waals surface area contributed by atoms with Crippen LogP contribution in [-0.2, 0) is 9.59 Å². The predicted molar refractivity (Wildman–Crippen MR) is 75.0 cm³/mol. The van der Waals surface area contributed by atoms with Gasteiger partial charge in [-0.3, -0.25) is 4.79 Å². The number of rotatable bonds is 5. The van der Waals surface area contributed by atoms with E-state index in [1.807, 2.05) is 0 Å². The summed E-state index contributed by atoms with van der Waals surface area (Å²) in [5.74, 6) is -2.76. The van der Waals surface area contributed by atoms with E-state index in [-0.39, 0.29) is 0 Å². The lowest BCUT2D eigenvalue weighted by Crippen LogP contribution is -2.44. The Morgan fingerprint density at radius 3 is 2.45 bits per heavy atom. The zero-order chi connectivity index (χ0) is 15.3. The third kappa shape index (κ3) is 5.06. The number of aliphatic carboxylic acids is 2. The molecule has 108 valence electrons. The van der Waals surface area contributed by atoms with Crippen LogP contribution < -0.4 is 10.6 Å². The van der Waals surface area contributed by atoms with Crippen LogP contribution in [0.1, 0.15) is 6.42 Å². The molecule has 0 radical (unpaired) electrons. The molecule has 0 aliphatic rings. The van der Waals surface area contributed by atoms with Gasteiger partial charge in [0.1, 0.15) is 6.04 Å². The van der Waals surface area contributed by atoms with E-state index >= 15 is 0 Å². The summed E-state index contributed by atoms with van der Waals surface area (Å²) in [5, 5.41) is 22.2. The number of carbonyl (C=O) groups is 3. The van der Waals surface area contributed by atoms with Gasteiger partial charge in [0.05, 0.1) is 12.1 Å². The molecule has 0 spiro atoms. The Balaban J connectivity index is 2.70. The van der Waals surface area contributed by atoms with Gasteiger partial charge in [0.2, 0.25) is 0 Å². The summed E-state index contributed by atoms with van der Waals surface area (Å²) in [7, 11) is 0. The first-order valence-corrected chi connectivity index (χ1v) is 6.44. The average Bonchev–Trinajstić information content (AvgIpc) is 2.31. The number of anilines is 1. The van der Waals surface area contributed by atoms with E-state index in [2.05, 4.69) is 26.6 Å². The maximum atomic E-state index is 11.6. The molecule has 7 nitrogen and oxygen atoms in total. The van der Waals surface area contributed by atoms with Gasteiger partial charge in [0.25, 0.3) is 0 Å². The van der Waals surface area contributed by atoms with Crippen LogP contribution in [0.25, 0.3) is 0 Å². The second kappa shape index (κ2) is 7.11. The first-order chi connectivity index (χ1) is 9.29. The van der Waals surface area contributed by atoms with E-state index in [4.69, 9.17) is 21.8 Å². The standard InChI is InChI=1S/C11H10BrClN2O5/c12-6-3-5(13)1-2-7(6)14-11(20)15-8(10(18)19)4-9(16)17/h1-3,8H,4H2,(H,16,17)(H,18,19)(H2,14,15,20)/t8-/m1/s1. The third-order valence-electron chi connectivity index (χ3n) is 2.16. The van der Waals surface area contributed by atoms with Gasteiger partial charge in [0.15, 0.2) is 0 Å². The molecular formula is C11H10BrClN2O5. The van der Waals surface area contributed by atoms with Crippen LogP contribution in [0.15, 0.2) is 22.7 Å². The van der Waals surface area contributed by atoms with E-state index in [1.54, 1.807) is 6.07 Å². The van der Waals surface area contributed by atoms with Crippen molar-refractivity contribution in [3.8, 4) is 0 Å². The molecule has 0 saturated carbocycles. The van der Waals surface area contributed by atoms with Crippen LogP contribution in [0.5, 0.6) is 0 Å². The molecule has 1 aromatic carbocycles. The summed E-state index contributed by atoms with van der Waals surface area (Å²) in [6.07, 6.45) is -0.718. The summed E-state index contributed by atoms with van der Waals surface area (Å²) in [6, 6.07) is 2.25. The fraction of sp³-hybridized carbons (Fsp3) is 0.182. The molecule has 1 rings (SSSR count). The fourth-order valence-electron chi connectivity index (χ4n) is 1.28. The van der Waals surface area contributed by atoms with E-state index in [0.29, 0.717) is 15.2 Å². The Labute approximate surface area is 127 Å². The minimum absolute atomic E-state index is 0.367. The number of carboxylic acid groups (broad SMARTS) is 2. The Hall–Kier alpha value is -1.80. The van der Waals surface area contributed by atoms with Crippen molar-refractivity contribution in [2.24, 2.45) is 0 Å². The highest BCUT2D eigenvalue weighted by atomic mass is 79.9. The summed E-state index contributed by atoms with van der Waals surface area (Å²) in [4.78, 5) is 32.9. The molecule has 20 heavy (non-hydrogen) atoms. The van der Waals surface area contributed by atoms with Crippen molar-refractivity contribution in [1.29, 1.82) is 0 Å². The van der Waals surface area contributed by atoms with Crippen LogP contribution in [0.3, 0.4) is 0 Å². The quantitative estimate of drug-likeness (QED) is 0.638. The van der Waals surface area contributed by atoms with Gasteiger partial charge >= 0.3 is 18.0 Å². The fourth-order valence-corrected chi connectivity index (χ4v) is 2.06. The first-order valence-electron chi connectivity index (χ1n) is 5.26. The smallest absolute Gasteiger partial charge is 0.326 e. The van der Waals surface area contributed by atoms with Crippen molar-refractivity contribution in [2.45, 2.75) is 12.5 Å². The van der Waals surface area contributed by atoms with E-state index in [0.717, 1.165) is 0 Å². The number of carbonyl (C=O) groups excluding carboxylic acids is 1. The number of amides is 2. The van der Waals surface area contributed by atoms with Gasteiger partial charge in [-0.15, -0.1) is 0 Å². The lowest BCUT2D eigenvalue weighted by molar-refractivity contribution is -0.145. The number of carboxylic acids is 2. The molecule has 0 aromatic heterocycles. The van der Waals surface area contributed by atoms with Crippen molar-refractivity contribution in [3.05, 3.63) is 27.7 Å². The number of urea groups is 1. The maximum absolute atomic E-state index is 11.6. The molecule has 0 fully saturated rings. The number of halogens is 2. The zero-order valence-corrected chi connectivity index (χ0v) is 12.2. The van der Waals surface area contributed by atoms with E-state index in [1.165, 1.54) is 12.1 Å². The highest BCUT2D eigenvalue weighted by Gasteiger charge is 2.23. The zero-order valence-electron chi connectivity index (χ0n) is 9.89. The van der Waals surface area contributed by atoms with Crippen molar-refractivity contribution in [3.63, 3.8) is 0 Å². The van der Waals surface area contributed by atoms with Gasteiger partial charge in [-0.25, -0.2) is 9.59 Å². The minimum Gasteiger partial charge on any atom is -0.481 e. The van der Waals surface area contributed by atoms with E-state index < -0.39 is 30.4 Å². The molecule has 0 bridgehead atoms. The van der Waals surface area contributed by atoms with Gasteiger partial charge in [-0.1, -0.05) is 11.6 Å². The molecule has 0 aliphatic heterocycles. The molecule has 9 heteroatoms. The largest absolute Gasteiger partial charge is 0.481 e. The molecule has 0 unspecified atom stereocenters. The molecule has 0 aliphatic carbocycles. The van der Waals surface area contributed by atoms with Crippen molar-refractivity contribution < 1.29 is 24.6 Å². The van der Waals surface area contributed by atoms with Gasteiger partial charge in [0, 0.05) is 9.50 Å². The molecule has 1 atom stereocenters. The summed E-state index contributed by atoms with van der Waals surface area (Å²) in [5.41, 5.74) is 0.367. The number of benzene rings is 1. The van der Waals surface area contributed by atoms with Crippen molar-refractivity contribution >= 4 is 51.2 Å². The van der Waals surface area contributed by atoms with Gasteiger partial charge in [-0.2, -0.15) is 0 Å². The SMILES string of the molecule is O=C(O)C[C@@H](NC(=O)Nc1ccc(Cl)cc1Br)C(=O)O. The second-order valence-corrected chi connectivity index (χ2v) is 5.00. The maximum Gasteiger partial charge on any atom is 0.326 e. The van der Waals surface area contributed by atoms with E-state index in [9.17, 15) is 14.4 Å². The Bertz CT molecular complexity index is 552. The average molecular weight is 366 g/mol.